The predicted octanol–water partition coefficient (Wildman–Crippen LogP) is 3.03. The maximum atomic E-state index is 11.8. The van der Waals surface area contributed by atoms with E-state index in [0.717, 1.165) is 20.3 Å². The fourth-order valence-corrected chi connectivity index (χ4v) is 2.03. The molecule has 1 N–H and O–H groups in total. The normalized spacial score (nSPS) is 10.7. The molecule has 0 unspecified atom stereocenters. The number of para-hydroxylation sites is 1. The van der Waals surface area contributed by atoms with Crippen molar-refractivity contribution in [3.63, 3.8) is 0 Å². The van der Waals surface area contributed by atoms with Gasteiger partial charge in [-0.3, -0.25) is 10.1 Å². The molecule has 0 spiro atoms. The van der Waals surface area contributed by atoms with Crippen LogP contribution in [-0.2, 0) is 19.1 Å². The van der Waals surface area contributed by atoms with E-state index in [2.05, 4.69) is 14.8 Å². The first-order valence-electron chi connectivity index (χ1n) is 7.61. The minimum Gasteiger partial charge on any atom is -0.466 e. The number of nitro groups is 1. The van der Waals surface area contributed by atoms with Gasteiger partial charge in [-0.15, -0.1) is 0 Å². The molecule has 0 amide bonds. The van der Waals surface area contributed by atoms with Gasteiger partial charge in [0.05, 0.1) is 31.3 Å². The summed E-state index contributed by atoms with van der Waals surface area (Å²) in [7, 11) is 2.24. The molecule has 2 aromatic rings. The third-order valence-electron chi connectivity index (χ3n) is 3.28. The van der Waals surface area contributed by atoms with Gasteiger partial charge in [-0.05, 0) is 24.3 Å². The molecule has 0 saturated heterocycles. The summed E-state index contributed by atoms with van der Waals surface area (Å²) < 4.78 is 14.6. The number of hydrogen-bond acceptors (Lipinski definition) is 8. The molecule has 0 saturated carbocycles. The zero-order valence-corrected chi connectivity index (χ0v) is 14.5. The monoisotopic (exact) mass is 372 g/mol. The van der Waals surface area contributed by atoms with Gasteiger partial charge in [-0.1, -0.05) is 18.2 Å². The lowest BCUT2D eigenvalue weighted by molar-refractivity contribution is -0.384. The standard InChI is InChI=1S/C18H16N2O7/c1-25-17(21)11-15(18(22)26-2)19-14-9-8-13(10-16(14)20(23)24)27-12-6-4-3-5-7-12/h3-11,19H,1-2H3/b15-11+. The highest BCUT2D eigenvalue weighted by molar-refractivity contribution is 5.99. The van der Waals surface area contributed by atoms with Gasteiger partial charge >= 0.3 is 11.9 Å². The molecule has 2 aromatic carbocycles. The average Bonchev–Trinajstić information content (AvgIpc) is 2.68. The van der Waals surface area contributed by atoms with Crippen LogP contribution in [0.1, 0.15) is 0 Å². The Hall–Kier alpha value is -3.88. The second-order valence-electron chi connectivity index (χ2n) is 5.05. The van der Waals surface area contributed by atoms with Gasteiger partial charge in [0, 0.05) is 0 Å². The number of ether oxygens (including phenoxy) is 3. The Labute approximate surface area is 154 Å². The highest BCUT2D eigenvalue weighted by atomic mass is 16.6. The molecule has 0 fully saturated rings. The third kappa shape index (κ3) is 5.30. The molecule has 0 heterocycles. The minimum atomic E-state index is -0.890. The zero-order valence-electron chi connectivity index (χ0n) is 14.5. The van der Waals surface area contributed by atoms with Crippen molar-refractivity contribution in [1.82, 2.24) is 0 Å². The SMILES string of the molecule is COC(=O)/C=C(/Nc1ccc(Oc2ccccc2)cc1[N+](=O)[O-])C(=O)OC. The second kappa shape index (κ2) is 8.99. The van der Waals surface area contributed by atoms with Crippen molar-refractivity contribution >= 4 is 23.3 Å². The molecular formula is C18H16N2O7. The van der Waals surface area contributed by atoms with Gasteiger partial charge in [0.25, 0.3) is 5.69 Å². The van der Waals surface area contributed by atoms with Crippen LogP contribution in [0.4, 0.5) is 11.4 Å². The highest BCUT2D eigenvalue weighted by Gasteiger charge is 2.20. The van der Waals surface area contributed by atoms with E-state index in [1.54, 1.807) is 24.3 Å². The quantitative estimate of drug-likeness (QED) is 0.341. The van der Waals surface area contributed by atoms with Crippen molar-refractivity contribution in [1.29, 1.82) is 0 Å². The first kappa shape index (κ1) is 19.4. The van der Waals surface area contributed by atoms with Crippen molar-refractivity contribution in [2.75, 3.05) is 19.5 Å². The minimum absolute atomic E-state index is 0.0269. The second-order valence-corrected chi connectivity index (χ2v) is 5.05. The summed E-state index contributed by atoms with van der Waals surface area (Å²) in [4.78, 5) is 34.0. The average molecular weight is 372 g/mol. The number of nitrogens with zero attached hydrogens (tertiary/aromatic N) is 1. The zero-order chi connectivity index (χ0) is 19.8. The van der Waals surface area contributed by atoms with Crippen LogP contribution >= 0.6 is 0 Å². The molecule has 0 atom stereocenters. The van der Waals surface area contributed by atoms with E-state index in [-0.39, 0.29) is 22.8 Å². The molecule has 0 aliphatic heterocycles. The lowest BCUT2D eigenvalue weighted by Gasteiger charge is -2.11. The van der Waals surface area contributed by atoms with Gasteiger partial charge < -0.3 is 19.5 Å². The van der Waals surface area contributed by atoms with Crippen molar-refractivity contribution in [3.05, 3.63) is 70.4 Å². The Bertz CT molecular complexity index is 879. The largest absolute Gasteiger partial charge is 0.466 e. The van der Waals surface area contributed by atoms with Crippen molar-refractivity contribution in [2.45, 2.75) is 0 Å². The first-order chi connectivity index (χ1) is 12.9. The Morgan fingerprint density at radius 2 is 1.74 bits per heavy atom. The van der Waals surface area contributed by atoms with E-state index < -0.39 is 16.9 Å². The van der Waals surface area contributed by atoms with E-state index in [1.165, 1.54) is 18.2 Å². The Morgan fingerprint density at radius 3 is 2.33 bits per heavy atom. The first-order valence-corrected chi connectivity index (χ1v) is 7.61. The van der Waals surface area contributed by atoms with Crippen LogP contribution in [0.3, 0.4) is 0 Å². The molecule has 0 aliphatic rings. The van der Waals surface area contributed by atoms with Crippen LogP contribution in [0.5, 0.6) is 11.5 Å². The number of anilines is 1. The van der Waals surface area contributed by atoms with Gasteiger partial charge in [-0.25, -0.2) is 9.59 Å². The number of esters is 2. The van der Waals surface area contributed by atoms with E-state index in [4.69, 9.17) is 4.74 Å². The number of nitrogens with one attached hydrogen (secondary N) is 1. The number of carbonyl (C=O) groups excluding carboxylic acids is 2. The summed E-state index contributed by atoms with van der Waals surface area (Å²) in [6, 6.07) is 12.8. The molecule has 2 rings (SSSR count). The van der Waals surface area contributed by atoms with Crippen LogP contribution in [-0.4, -0.2) is 31.1 Å². The summed E-state index contributed by atoms with van der Waals surface area (Å²) >= 11 is 0. The topological polar surface area (TPSA) is 117 Å². The van der Waals surface area contributed by atoms with Crippen LogP contribution in [0, 0.1) is 10.1 Å². The van der Waals surface area contributed by atoms with E-state index in [9.17, 15) is 19.7 Å². The van der Waals surface area contributed by atoms with Gasteiger partial charge in [-0.2, -0.15) is 0 Å². The molecule has 9 heteroatoms. The predicted molar refractivity (Wildman–Crippen MR) is 95.4 cm³/mol. The van der Waals surface area contributed by atoms with Crippen LogP contribution in [0.15, 0.2) is 60.3 Å². The fraction of sp³-hybridized carbons (Fsp3) is 0.111. The third-order valence-corrected chi connectivity index (χ3v) is 3.28. The lowest BCUT2D eigenvalue weighted by atomic mass is 10.2. The van der Waals surface area contributed by atoms with Crippen molar-refractivity contribution < 1.29 is 28.7 Å². The van der Waals surface area contributed by atoms with Crippen molar-refractivity contribution in [3.8, 4) is 11.5 Å². The van der Waals surface area contributed by atoms with Crippen molar-refractivity contribution in [2.24, 2.45) is 0 Å². The van der Waals surface area contributed by atoms with E-state index in [1.807, 2.05) is 6.07 Å². The summed E-state index contributed by atoms with van der Waals surface area (Å²) in [5, 5.41) is 13.9. The molecule has 0 radical (unpaired) electrons. The van der Waals surface area contributed by atoms with E-state index in [0.29, 0.717) is 5.75 Å². The fourth-order valence-electron chi connectivity index (χ4n) is 2.03. The number of rotatable bonds is 7. The molecular weight excluding hydrogens is 356 g/mol. The molecule has 0 aromatic heterocycles. The van der Waals surface area contributed by atoms with Gasteiger partial charge in [0.2, 0.25) is 0 Å². The summed E-state index contributed by atoms with van der Waals surface area (Å²) in [5.74, 6) is -0.975. The summed E-state index contributed by atoms with van der Waals surface area (Å²) in [6.07, 6.45) is 0.837. The Kier molecular flexibility index (Phi) is 6.48. The summed E-state index contributed by atoms with van der Waals surface area (Å²) in [5.41, 5.74) is -0.701. The van der Waals surface area contributed by atoms with Crippen LogP contribution < -0.4 is 10.1 Å². The number of benzene rings is 2. The molecule has 27 heavy (non-hydrogen) atoms. The van der Waals surface area contributed by atoms with Gasteiger partial charge in [0.15, 0.2) is 0 Å². The van der Waals surface area contributed by atoms with Gasteiger partial charge in [0.1, 0.15) is 22.9 Å². The number of hydrogen-bond donors (Lipinski definition) is 1. The highest BCUT2D eigenvalue weighted by Crippen LogP contribution is 2.32. The maximum Gasteiger partial charge on any atom is 0.354 e. The van der Waals surface area contributed by atoms with Crippen LogP contribution in [0.25, 0.3) is 0 Å². The van der Waals surface area contributed by atoms with Crippen LogP contribution in [0.2, 0.25) is 0 Å². The Morgan fingerprint density at radius 1 is 1.04 bits per heavy atom. The maximum absolute atomic E-state index is 11.8. The number of methoxy groups -OCH3 is 2. The molecule has 0 bridgehead atoms. The number of carbonyl (C=O) groups is 2. The smallest absolute Gasteiger partial charge is 0.354 e. The lowest BCUT2D eigenvalue weighted by Crippen LogP contribution is -2.16. The Balaban J connectivity index is 2.35. The molecule has 9 nitrogen and oxygen atoms in total. The summed E-state index contributed by atoms with van der Waals surface area (Å²) in [6.45, 7) is 0. The molecule has 140 valence electrons. The van der Waals surface area contributed by atoms with E-state index >= 15 is 0 Å². The number of nitro benzene ring substituents is 1. The molecule has 0 aliphatic carbocycles.